The summed E-state index contributed by atoms with van der Waals surface area (Å²) in [4.78, 5) is 0. The van der Waals surface area contributed by atoms with Gasteiger partial charge in [-0.3, -0.25) is 0 Å². The van der Waals surface area contributed by atoms with Crippen LogP contribution in [0.15, 0.2) is 54.6 Å². The molecule has 0 bridgehead atoms. The smallest absolute Gasteiger partial charge is 0.0713 e. The topological polar surface area (TPSA) is 38.7 Å². The van der Waals surface area contributed by atoms with Gasteiger partial charge in [-0.15, -0.1) is 0 Å². The molecular weight excluding hydrogens is 276 g/mol. The number of aliphatic hydroxyl groups excluding tert-OH is 1. The van der Waals surface area contributed by atoms with E-state index in [1.807, 2.05) is 30.3 Å². The van der Waals surface area contributed by atoms with Gasteiger partial charge in [0.2, 0.25) is 0 Å². The molecule has 1 N–H and O–H groups in total. The molecule has 0 saturated heterocycles. The lowest BCUT2D eigenvalue weighted by atomic mass is 9.96. The molecule has 2 aromatic carbocycles. The number of aliphatic hydroxyl groups is 1. The molecule has 0 aliphatic rings. The van der Waals surface area contributed by atoms with Crippen LogP contribution < -0.4 is 0 Å². The maximum absolute atomic E-state index is 9.32. The Morgan fingerprint density at radius 3 is 1.55 bits per heavy atom. The first-order valence-electron chi connectivity index (χ1n) is 7.26. The van der Waals surface area contributed by atoms with Gasteiger partial charge in [-0.2, -0.15) is 0 Å². The van der Waals surface area contributed by atoms with E-state index < -0.39 is 0 Å². The first-order chi connectivity index (χ1) is 10.8. The molecule has 0 spiro atoms. The molecule has 116 valence electrons. The van der Waals surface area contributed by atoms with Gasteiger partial charge in [0.15, 0.2) is 0 Å². The maximum atomic E-state index is 9.32. The molecule has 22 heavy (non-hydrogen) atoms. The molecule has 0 saturated carbocycles. The van der Waals surface area contributed by atoms with E-state index in [0.29, 0.717) is 13.2 Å². The Morgan fingerprint density at radius 2 is 1.23 bits per heavy atom. The van der Waals surface area contributed by atoms with Crippen LogP contribution in [0.1, 0.15) is 22.3 Å². The van der Waals surface area contributed by atoms with Gasteiger partial charge in [0.05, 0.1) is 19.8 Å². The maximum Gasteiger partial charge on any atom is 0.0713 e. The van der Waals surface area contributed by atoms with Crippen molar-refractivity contribution in [3.63, 3.8) is 0 Å². The van der Waals surface area contributed by atoms with Gasteiger partial charge >= 0.3 is 0 Å². The van der Waals surface area contributed by atoms with Crippen molar-refractivity contribution in [2.45, 2.75) is 13.2 Å². The van der Waals surface area contributed by atoms with Crippen LogP contribution in [-0.4, -0.2) is 25.9 Å². The van der Waals surface area contributed by atoms with Crippen molar-refractivity contribution in [2.75, 3.05) is 20.8 Å². The van der Waals surface area contributed by atoms with Crippen LogP contribution in [-0.2, 0) is 22.7 Å². The Labute approximate surface area is 131 Å². The van der Waals surface area contributed by atoms with Crippen LogP contribution in [0.4, 0.5) is 0 Å². The van der Waals surface area contributed by atoms with E-state index in [9.17, 15) is 5.11 Å². The van der Waals surface area contributed by atoms with E-state index in [4.69, 9.17) is 9.47 Å². The molecule has 0 aromatic heterocycles. The molecule has 0 unspecified atom stereocenters. The number of methoxy groups -OCH3 is 2. The zero-order valence-electron chi connectivity index (χ0n) is 13.1. The standard InChI is InChI=1S/C19H22O3/c1-21-13-15-3-7-17(8-4-15)19(11-12-20)18-9-5-16(6-10-18)14-22-2/h3-11,20H,12-14H2,1-2H3. The fourth-order valence-electron chi connectivity index (χ4n) is 2.39. The van der Waals surface area contributed by atoms with E-state index in [2.05, 4.69) is 24.3 Å². The summed E-state index contributed by atoms with van der Waals surface area (Å²) < 4.78 is 10.3. The SMILES string of the molecule is COCc1ccc(C(=CCO)c2ccc(COC)cc2)cc1. The minimum atomic E-state index is 0.00891. The second kappa shape index (κ2) is 8.49. The second-order valence-electron chi connectivity index (χ2n) is 5.06. The minimum absolute atomic E-state index is 0.00891. The third-order valence-electron chi connectivity index (χ3n) is 3.45. The van der Waals surface area contributed by atoms with Crippen LogP contribution in [0.5, 0.6) is 0 Å². The van der Waals surface area contributed by atoms with Crippen molar-refractivity contribution < 1.29 is 14.6 Å². The lowest BCUT2D eigenvalue weighted by molar-refractivity contribution is 0.185. The summed E-state index contributed by atoms with van der Waals surface area (Å²) in [5.74, 6) is 0. The molecule has 0 fully saturated rings. The molecule has 0 heterocycles. The molecule has 3 heteroatoms. The average Bonchev–Trinajstić information content (AvgIpc) is 2.55. The summed E-state index contributed by atoms with van der Waals surface area (Å²) in [5.41, 5.74) is 5.44. The molecular formula is C19H22O3. The molecule has 0 aliphatic carbocycles. The molecule has 3 nitrogen and oxygen atoms in total. The monoisotopic (exact) mass is 298 g/mol. The summed E-state index contributed by atoms with van der Waals surface area (Å²) in [5, 5.41) is 9.32. The van der Waals surface area contributed by atoms with Crippen LogP contribution in [0.3, 0.4) is 0 Å². The minimum Gasteiger partial charge on any atom is -0.392 e. The summed E-state index contributed by atoms with van der Waals surface area (Å²) in [7, 11) is 3.37. The third kappa shape index (κ3) is 4.28. The molecule has 2 aromatic rings. The van der Waals surface area contributed by atoms with Crippen molar-refractivity contribution in [3.8, 4) is 0 Å². The Morgan fingerprint density at radius 1 is 0.818 bits per heavy atom. The number of hydrogen-bond donors (Lipinski definition) is 1. The number of benzene rings is 2. The van der Waals surface area contributed by atoms with Crippen molar-refractivity contribution in [3.05, 3.63) is 76.9 Å². The fourth-order valence-corrected chi connectivity index (χ4v) is 2.39. The van der Waals surface area contributed by atoms with Crippen molar-refractivity contribution in [2.24, 2.45) is 0 Å². The van der Waals surface area contributed by atoms with Gasteiger partial charge in [0.25, 0.3) is 0 Å². The van der Waals surface area contributed by atoms with E-state index >= 15 is 0 Å². The Hall–Kier alpha value is -1.94. The van der Waals surface area contributed by atoms with Gasteiger partial charge in [-0.1, -0.05) is 54.6 Å². The van der Waals surface area contributed by atoms with Gasteiger partial charge < -0.3 is 14.6 Å². The zero-order chi connectivity index (χ0) is 15.8. The Kier molecular flexibility index (Phi) is 6.34. The van der Waals surface area contributed by atoms with E-state index in [0.717, 1.165) is 27.8 Å². The number of rotatable bonds is 7. The Balaban J connectivity index is 2.27. The van der Waals surface area contributed by atoms with E-state index in [-0.39, 0.29) is 6.61 Å². The molecule has 0 amide bonds. The molecule has 0 atom stereocenters. The second-order valence-corrected chi connectivity index (χ2v) is 5.06. The normalized spacial score (nSPS) is 10.5. The highest BCUT2D eigenvalue weighted by Crippen LogP contribution is 2.24. The van der Waals surface area contributed by atoms with Gasteiger partial charge in [0, 0.05) is 14.2 Å². The highest BCUT2D eigenvalue weighted by atomic mass is 16.5. The van der Waals surface area contributed by atoms with Crippen LogP contribution in [0.2, 0.25) is 0 Å². The summed E-state index contributed by atoms with van der Waals surface area (Å²) in [6, 6.07) is 16.4. The summed E-state index contributed by atoms with van der Waals surface area (Å²) in [6.45, 7) is 1.21. The van der Waals surface area contributed by atoms with Crippen molar-refractivity contribution in [1.82, 2.24) is 0 Å². The van der Waals surface area contributed by atoms with Gasteiger partial charge in [0.1, 0.15) is 0 Å². The summed E-state index contributed by atoms with van der Waals surface area (Å²) >= 11 is 0. The molecule has 0 aliphatic heterocycles. The quantitative estimate of drug-likeness (QED) is 0.851. The lowest BCUT2D eigenvalue weighted by Gasteiger charge is -2.10. The average molecular weight is 298 g/mol. The first kappa shape index (κ1) is 16.4. The fraction of sp³-hybridized carbons (Fsp3) is 0.263. The summed E-state index contributed by atoms with van der Waals surface area (Å²) in [6.07, 6.45) is 1.83. The third-order valence-corrected chi connectivity index (χ3v) is 3.45. The highest BCUT2D eigenvalue weighted by Gasteiger charge is 2.05. The number of hydrogen-bond acceptors (Lipinski definition) is 3. The van der Waals surface area contributed by atoms with Gasteiger partial charge in [-0.25, -0.2) is 0 Å². The van der Waals surface area contributed by atoms with E-state index in [1.54, 1.807) is 14.2 Å². The zero-order valence-corrected chi connectivity index (χ0v) is 13.1. The lowest BCUT2D eigenvalue weighted by Crippen LogP contribution is -1.94. The predicted octanol–water partition coefficient (Wildman–Crippen LogP) is 3.40. The van der Waals surface area contributed by atoms with Crippen LogP contribution in [0, 0.1) is 0 Å². The van der Waals surface area contributed by atoms with E-state index in [1.165, 1.54) is 0 Å². The van der Waals surface area contributed by atoms with Crippen LogP contribution >= 0.6 is 0 Å². The van der Waals surface area contributed by atoms with Crippen LogP contribution in [0.25, 0.3) is 5.57 Å². The largest absolute Gasteiger partial charge is 0.392 e. The van der Waals surface area contributed by atoms with Crippen molar-refractivity contribution >= 4 is 5.57 Å². The molecule has 2 rings (SSSR count). The Bertz CT molecular complexity index is 546. The number of ether oxygens (including phenoxy) is 2. The predicted molar refractivity (Wildman–Crippen MR) is 88.5 cm³/mol. The highest BCUT2D eigenvalue weighted by molar-refractivity contribution is 5.80. The van der Waals surface area contributed by atoms with Gasteiger partial charge in [-0.05, 0) is 27.8 Å². The molecule has 0 radical (unpaired) electrons. The van der Waals surface area contributed by atoms with Crippen molar-refractivity contribution in [1.29, 1.82) is 0 Å². The first-order valence-corrected chi connectivity index (χ1v) is 7.26.